The van der Waals surface area contributed by atoms with Crippen molar-refractivity contribution in [3.8, 4) is 17.2 Å². The van der Waals surface area contributed by atoms with Gasteiger partial charge in [-0.2, -0.15) is 0 Å². The maximum atomic E-state index is 13.1. The molecule has 2 N–H and O–H groups in total. The van der Waals surface area contributed by atoms with Crippen LogP contribution < -0.4 is 20.1 Å². The van der Waals surface area contributed by atoms with Crippen molar-refractivity contribution >= 4 is 11.8 Å². The Labute approximate surface area is 186 Å². The Hall–Kier alpha value is -3.10. The summed E-state index contributed by atoms with van der Waals surface area (Å²) in [5.41, 5.74) is 0.412. The van der Waals surface area contributed by atoms with Gasteiger partial charge in [-0.15, -0.1) is 0 Å². The first-order chi connectivity index (χ1) is 15.6. The van der Waals surface area contributed by atoms with Crippen LogP contribution in [0.15, 0.2) is 48.5 Å². The van der Waals surface area contributed by atoms with Crippen molar-refractivity contribution in [2.24, 2.45) is 5.92 Å². The van der Waals surface area contributed by atoms with E-state index in [4.69, 9.17) is 18.9 Å². The van der Waals surface area contributed by atoms with E-state index < -0.39 is 0 Å². The molecule has 3 aliphatic rings. The van der Waals surface area contributed by atoms with Gasteiger partial charge in [0, 0.05) is 12.0 Å². The molecule has 4 unspecified atom stereocenters. The summed E-state index contributed by atoms with van der Waals surface area (Å²) in [7, 11) is 1.59. The monoisotopic (exact) mass is 438 g/mol. The fraction of sp³-hybridized carbons (Fsp3) is 0.417. The molecule has 0 bridgehead atoms. The number of para-hydroxylation sites is 1. The first-order valence-electron chi connectivity index (χ1n) is 10.9. The fourth-order valence-corrected chi connectivity index (χ4v) is 4.17. The van der Waals surface area contributed by atoms with Gasteiger partial charge in [0.1, 0.15) is 29.5 Å². The van der Waals surface area contributed by atoms with E-state index in [9.17, 15) is 9.59 Å². The first-order valence-corrected chi connectivity index (χ1v) is 10.9. The molecule has 0 aromatic heterocycles. The van der Waals surface area contributed by atoms with E-state index in [2.05, 4.69) is 10.6 Å². The Kier molecular flexibility index (Phi) is 5.71. The summed E-state index contributed by atoms with van der Waals surface area (Å²) in [5, 5.41) is 6.05. The van der Waals surface area contributed by atoms with Crippen molar-refractivity contribution < 1.29 is 28.5 Å². The summed E-state index contributed by atoms with van der Waals surface area (Å²) in [4.78, 5) is 25.2. The molecular weight excluding hydrogens is 412 g/mol. The van der Waals surface area contributed by atoms with Gasteiger partial charge in [-0.25, -0.2) is 0 Å². The quantitative estimate of drug-likeness (QED) is 0.689. The molecule has 2 aromatic rings. The van der Waals surface area contributed by atoms with Crippen molar-refractivity contribution in [1.82, 2.24) is 10.6 Å². The molecule has 8 heteroatoms. The Morgan fingerprint density at radius 1 is 0.906 bits per heavy atom. The minimum Gasteiger partial charge on any atom is -0.497 e. The molecule has 168 valence electrons. The molecule has 2 heterocycles. The van der Waals surface area contributed by atoms with Gasteiger partial charge < -0.3 is 29.6 Å². The Morgan fingerprint density at radius 2 is 1.59 bits per heavy atom. The SMILES string of the molecule is COc1cccc(Oc2ccccc2C(=O)NC2COC3C(NC(=O)C4CC4)COC23)c1. The summed E-state index contributed by atoms with van der Waals surface area (Å²) >= 11 is 0. The largest absolute Gasteiger partial charge is 0.497 e. The first kappa shape index (κ1) is 20.8. The Morgan fingerprint density at radius 3 is 2.31 bits per heavy atom. The zero-order chi connectivity index (χ0) is 22.1. The fourth-order valence-electron chi connectivity index (χ4n) is 4.17. The second-order valence-electron chi connectivity index (χ2n) is 8.34. The van der Waals surface area contributed by atoms with E-state index in [1.54, 1.807) is 37.4 Å². The van der Waals surface area contributed by atoms with Crippen LogP contribution in [0.2, 0.25) is 0 Å². The van der Waals surface area contributed by atoms with E-state index >= 15 is 0 Å². The number of hydrogen-bond acceptors (Lipinski definition) is 6. The second kappa shape index (κ2) is 8.80. The molecule has 2 aromatic carbocycles. The molecule has 0 radical (unpaired) electrons. The van der Waals surface area contributed by atoms with Crippen LogP contribution in [0.3, 0.4) is 0 Å². The number of benzene rings is 2. The van der Waals surface area contributed by atoms with Crippen molar-refractivity contribution in [2.75, 3.05) is 20.3 Å². The van der Waals surface area contributed by atoms with E-state index in [0.29, 0.717) is 36.0 Å². The number of fused-ring (bicyclic) bond motifs is 1. The van der Waals surface area contributed by atoms with Gasteiger partial charge in [-0.3, -0.25) is 9.59 Å². The third-order valence-electron chi connectivity index (χ3n) is 6.05. The lowest BCUT2D eigenvalue weighted by Crippen LogP contribution is -2.47. The van der Waals surface area contributed by atoms with Crippen LogP contribution in [0, 0.1) is 5.92 Å². The third kappa shape index (κ3) is 4.28. The van der Waals surface area contributed by atoms with Crippen LogP contribution in [0.4, 0.5) is 0 Å². The normalized spacial score (nSPS) is 26.3. The molecule has 8 nitrogen and oxygen atoms in total. The minimum absolute atomic E-state index is 0.0685. The lowest BCUT2D eigenvalue weighted by Gasteiger charge is -2.19. The highest BCUT2D eigenvalue weighted by molar-refractivity contribution is 5.97. The standard InChI is InChI=1S/C24H26N2O6/c1-29-15-5-4-6-16(11-15)32-20-8-3-2-7-17(20)24(28)26-19-13-31-21-18(12-30-22(19)21)25-23(27)14-9-10-14/h2-8,11,14,18-19,21-22H,9-10,12-13H2,1H3,(H,25,27)(H,26,28). The highest BCUT2D eigenvalue weighted by Crippen LogP contribution is 2.32. The van der Waals surface area contributed by atoms with Gasteiger partial charge in [-0.05, 0) is 37.1 Å². The van der Waals surface area contributed by atoms with Gasteiger partial charge in [0.15, 0.2) is 0 Å². The number of ether oxygens (including phenoxy) is 4. The number of hydrogen-bond donors (Lipinski definition) is 2. The van der Waals surface area contributed by atoms with Crippen molar-refractivity contribution in [3.63, 3.8) is 0 Å². The van der Waals surface area contributed by atoms with Crippen LogP contribution in [0.1, 0.15) is 23.2 Å². The lowest BCUT2D eigenvalue weighted by molar-refractivity contribution is -0.123. The van der Waals surface area contributed by atoms with Crippen molar-refractivity contribution in [3.05, 3.63) is 54.1 Å². The average Bonchev–Trinajstić information content (AvgIpc) is 3.49. The molecule has 32 heavy (non-hydrogen) atoms. The predicted molar refractivity (Wildman–Crippen MR) is 115 cm³/mol. The van der Waals surface area contributed by atoms with Crippen LogP contribution in [0.5, 0.6) is 17.2 Å². The van der Waals surface area contributed by atoms with Crippen molar-refractivity contribution in [2.45, 2.75) is 37.1 Å². The maximum Gasteiger partial charge on any atom is 0.255 e. The van der Waals surface area contributed by atoms with Crippen LogP contribution in [0.25, 0.3) is 0 Å². The molecule has 2 saturated heterocycles. The lowest BCUT2D eigenvalue weighted by atomic mass is 10.1. The Balaban J connectivity index is 1.24. The van der Waals surface area contributed by atoms with Gasteiger partial charge in [-0.1, -0.05) is 18.2 Å². The molecule has 0 spiro atoms. The molecule has 4 atom stereocenters. The van der Waals surface area contributed by atoms with E-state index in [-0.39, 0.29) is 42.0 Å². The summed E-state index contributed by atoms with van der Waals surface area (Å²) < 4.78 is 23.0. The maximum absolute atomic E-state index is 13.1. The van der Waals surface area contributed by atoms with Gasteiger partial charge in [0.2, 0.25) is 5.91 Å². The van der Waals surface area contributed by atoms with Gasteiger partial charge in [0.05, 0.1) is 38.0 Å². The Bertz CT molecular complexity index is 1010. The minimum atomic E-state index is -0.305. The highest BCUT2D eigenvalue weighted by atomic mass is 16.6. The topological polar surface area (TPSA) is 95.1 Å². The molecule has 5 rings (SSSR count). The van der Waals surface area contributed by atoms with E-state index in [1.165, 1.54) is 0 Å². The molecular formula is C24H26N2O6. The number of carbonyl (C=O) groups excluding carboxylic acids is 2. The third-order valence-corrected chi connectivity index (χ3v) is 6.05. The van der Waals surface area contributed by atoms with Gasteiger partial charge in [0.25, 0.3) is 5.91 Å². The molecule has 2 amide bonds. The predicted octanol–water partition coefficient (Wildman–Crippen LogP) is 2.28. The average molecular weight is 438 g/mol. The number of rotatable bonds is 7. The molecule has 1 aliphatic carbocycles. The summed E-state index contributed by atoms with van der Waals surface area (Å²) in [6, 6.07) is 13.8. The van der Waals surface area contributed by atoms with Crippen LogP contribution in [-0.4, -0.2) is 56.4 Å². The highest BCUT2D eigenvalue weighted by Gasteiger charge is 2.49. The summed E-state index contributed by atoms with van der Waals surface area (Å²) in [6.45, 7) is 0.714. The second-order valence-corrected chi connectivity index (χ2v) is 8.34. The molecule has 2 aliphatic heterocycles. The van der Waals surface area contributed by atoms with Crippen molar-refractivity contribution in [1.29, 1.82) is 0 Å². The van der Waals surface area contributed by atoms with E-state index in [1.807, 2.05) is 18.2 Å². The number of amides is 2. The number of carbonyl (C=O) groups is 2. The number of methoxy groups -OCH3 is 1. The van der Waals surface area contributed by atoms with Crippen LogP contribution in [-0.2, 0) is 14.3 Å². The summed E-state index contributed by atoms with van der Waals surface area (Å²) in [6.07, 6.45) is 1.34. The zero-order valence-electron chi connectivity index (χ0n) is 17.8. The van der Waals surface area contributed by atoms with Gasteiger partial charge >= 0.3 is 0 Å². The summed E-state index contributed by atoms with van der Waals surface area (Å²) in [5.74, 6) is 1.61. The smallest absolute Gasteiger partial charge is 0.255 e. The van der Waals surface area contributed by atoms with E-state index in [0.717, 1.165) is 12.8 Å². The number of nitrogens with one attached hydrogen (secondary N) is 2. The molecule has 3 fully saturated rings. The molecule has 1 saturated carbocycles. The van der Waals surface area contributed by atoms with Crippen LogP contribution >= 0.6 is 0 Å². The zero-order valence-corrected chi connectivity index (χ0v) is 17.8.